The summed E-state index contributed by atoms with van der Waals surface area (Å²) in [6, 6.07) is 7.93. The van der Waals surface area contributed by atoms with Crippen LogP contribution in [-0.4, -0.2) is 39.2 Å². The van der Waals surface area contributed by atoms with Crippen LogP contribution in [0.2, 0.25) is 0 Å². The first-order chi connectivity index (χ1) is 13.8. The molecule has 1 aliphatic rings. The first kappa shape index (κ1) is 17.9. The predicted octanol–water partition coefficient (Wildman–Crippen LogP) is 2.69. The third kappa shape index (κ3) is 4.27. The molecule has 0 saturated carbocycles. The van der Waals surface area contributed by atoms with E-state index in [1.165, 1.54) is 25.2 Å². The largest absolute Gasteiger partial charge is 0.383 e. The molecule has 0 aromatic carbocycles. The van der Waals surface area contributed by atoms with Gasteiger partial charge in [-0.05, 0) is 44.0 Å². The highest BCUT2D eigenvalue weighted by atomic mass is 15.1. The molecule has 1 unspecified atom stereocenters. The molecule has 3 aromatic heterocycles. The summed E-state index contributed by atoms with van der Waals surface area (Å²) in [5.74, 6) is 1.82. The van der Waals surface area contributed by atoms with Gasteiger partial charge in [-0.15, -0.1) is 0 Å². The van der Waals surface area contributed by atoms with Gasteiger partial charge in [0.05, 0.1) is 30.0 Å². The molecule has 0 spiro atoms. The minimum Gasteiger partial charge on any atom is -0.383 e. The van der Waals surface area contributed by atoms with Crippen molar-refractivity contribution in [1.82, 2.24) is 24.8 Å². The normalized spacial score (nSPS) is 16.3. The second-order valence-electron chi connectivity index (χ2n) is 6.79. The average molecular weight is 374 g/mol. The van der Waals surface area contributed by atoms with Crippen LogP contribution < -0.4 is 16.0 Å². The Hall–Kier alpha value is -3.44. The lowest BCUT2D eigenvalue weighted by molar-refractivity contribution is 0.393. The summed E-state index contributed by atoms with van der Waals surface area (Å²) >= 11 is 0. The molecule has 0 bridgehead atoms. The van der Waals surface area contributed by atoms with Crippen LogP contribution in [0.5, 0.6) is 0 Å². The van der Waals surface area contributed by atoms with Crippen LogP contribution in [0.1, 0.15) is 18.5 Å². The number of rotatable bonds is 6. The van der Waals surface area contributed by atoms with Crippen molar-refractivity contribution < 1.29 is 0 Å². The monoisotopic (exact) mass is 374 g/mol. The maximum Gasteiger partial charge on any atom is 0.158 e. The molecule has 1 atom stereocenters. The Morgan fingerprint density at radius 3 is 2.71 bits per heavy atom. The van der Waals surface area contributed by atoms with E-state index >= 15 is 0 Å². The molecule has 3 N–H and O–H groups in total. The zero-order chi connectivity index (χ0) is 19.2. The molecule has 0 radical (unpaired) electrons. The van der Waals surface area contributed by atoms with Gasteiger partial charge in [0, 0.05) is 25.0 Å². The van der Waals surface area contributed by atoms with Crippen molar-refractivity contribution in [1.29, 1.82) is 5.26 Å². The number of piperidine rings is 1. The summed E-state index contributed by atoms with van der Waals surface area (Å²) in [7, 11) is 0. The number of hydrogen-bond acceptors (Lipinski definition) is 7. The van der Waals surface area contributed by atoms with Crippen molar-refractivity contribution in [2.75, 3.05) is 30.3 Å². The van der Waals surface area contributed by atoms with E-state index in [1.807, 2.05) is 47.4 Å². The second-order valence-corrected chi connectivity index (χ2v) is 6.79. The Balaban J connectivity index is 1.55. The summed E-state index contributed by atoms with van der Waals surface area (Å²) < 4.78 is 2.04. The third-order valence-corrected chi connectivity index (χ3v) is 4.77. The van der Waals surface area contributed by atoms with Crippen molar-refractivity contribution in [3.8, 4) is 11.8 Å². The van der Waals surface area contributed by atoms with Gasteiger partial charge >= 0.3 is 0 Å². The smallest absolute Gasteiger partial charge is 0.158 e. The minimum atomic E-state index is 0.282. The number of nitrogens with zero attached hydrogens (tertiary/aromatic N) is 5. The molecular weight excluding hydrogens is 352 g/mol. The van der Waals surface area contributed by atoms with Gasteiger partial charge < -0.3 is 20.5 Å². The zero-order valence-corrected chi connectivity index (χ0v) is 15.5. The van der Waals surface area contributed by atoms with Crippen molar-refractivity contribution in [3.63, 3.8) is 0 Å². The van der Waals surface area contributed by atoms with E-state index in [4.69, 9.17) is 5.26 Å². The van der Waals surface area contributed by atoms with Crippen molar-refractivity contribution >= 4 is 17.3 Å². The quantitative estimate of drug-likeness (QED) is 0.609. The van der Waals surface area contributed by atoms with Crippen LogP contribution in [0.4, 0.5) is 17.3 Å². The molecule has 0 aliphatic carbocycles. The molecule has 8 heteroatoms. The number of nitrogens with one attached hydrogen (secondary N) is 3. The van der Waals surface area contributed by atoms with E-state index in [-0.39, 0.29) is 5.69 Å². The molecule has 3 aromatic rings. The molecule has 4 heterocycles. The fraction of sp³-hybridized carbons (Fsp3) is 0.300. The first-order valence-electron chi connectivity index (χ1n) is 9.39. The van der Waals surface area contributed by atoms with Crippen molar-refractivity contribution in [3.05, 3.63) is 54.9 Å². The van der Waals surface area contributed by atoms with Gasteiger partial charge in [0.1, 0.15) is 17.7 Å². The Bertz CT molecular complexity index is 937. The van der Waals surface area contributed by atoms with Gasteiger partial charge in [-0.1, -0.05) is 0 Å². The lowest BCUT2D eigenvalue weighted by Gasteiger charge is -2.24. The molecule has 4 rings (SSSR count). The maximum atomic E-state index is 8.84. The summed E-state index contributed by atoms with van der Waals surface area (Å²) in [4.78, 5) is 12.7. The van der Waals surface area contributed by atoms with E-state index in [0.717, 1.165) is 31.0 Å². The maximum absolute atomic E-state index is 8.84. The van der Waals surface area contributed by atoms with E-state index in [2.05, 4.69) is 30.9 Å². The van der Waals surface area contributed by atoms with Gasteiger partial charge in [0.2, 0.25) is 0 Å². The fourth-order valence-electron chi connectivity index (χ4n) is 3.29. The van der Waals surface area contributed by atoms with E-state index in [9.17, 15) is 0 Å². The zero-order valence-electron chi connectivity index (χ0n) is 15.5. The van der Waals surface area contributed by atoms with Crippen LogP contribution in [-0.2, 0) is 0 Å². The van der Waals surface area contributed by atoms with Gasteiger partial charge in [0.25, 0.3) is 0 Å². The van der Waals surface area contributed by atoms with Crippen LogP contribution >= 0.6 is 0 Å². The molecule has 8 nitrogen and oxygen atoms in total. The summed E-state index contributed by atoms with van der Waals surface area (Å²) in [5, 5.41) is 19.0. The number of hydrogen-bond donors (Lipinski definition) is 3. The molecule has 0 amide bonds. The molecular formula is C20H22N8. The highest BCUT2D eigenvalue weighted by Crippen LogP contribution is 2.25. The predicted molar refractivity (Wildman–Crippen MR) is 108 cm³/mol. The van der Waals surface area contributed by atoms with Gasteiger partial charge in [-0.25, -0.2) is 15.0 Å². The molecule has 142 valence electrons. The van der Waals surface area contributed by atoms with Gasteiger partial charge in [-0.3, -0.25) is 0 Å². The van der Waals surface area contributed by atoms with Crippen LogP contribution in [0.3, 0.4) is 0 Å². The Morgan fingerprint density at radius 1 is 1.14 bits per heavy atom. The second kappa shape index (κ2) is 8.50. The third-order valence-electron chi connectivity index (χ3n) is 4.77. The van der Waals surface area contributed by atoms with Crippen LogP contribution in [0.25, 0.3) is 5.69 Å². The van der Waals surface area contributed by atoms with E-state index in [1.54, 1.807) is 0 Å². The van der Waals surface area contributed by atoms with Gasteiger partial charge in [0.15, 0.2) is 5.69 Å². The lowest BCUT2D eigenvalue weighted by Crippen LogP contribution is -2.33. The van der Waals surface area contributed by atoms with Gasteiger partial charge in [-0.2, -0.15) is 5.26 Å². The van der Waals surface area contributed by atoms with E-state index in [0.29, 0.717) is 17.6 Å². The average Bonchev–Trinajstić information content (AvgIpc) is 3.28. The molecule has 1 saturated heterocycles. The van der Waals surface area contributed by atoms with Crippen molar-refractivity contribution in [2.24, 2.45) is 5.92 Å². The van der Waals surface area contributed by atoms with Crippen LogP contribution in [0.15, 0.2) is 49.2 Å². The fourth-order valence-corrected chi connectivity index (χ4v) is 3.29. The number of nitriles is 1. The highest BCUT2D eigenvalue weighted by molar-refractivity contribution is 5.67. The minimum absolute atomic E-state index is 0.282. The Kier molecular flexibility index (Phi) is 5.45. The number of pyridine rings is 1. The first-order valence-corrected chi connectivity index (χ1v) is 9.39. The SMILES string of the molecule is N#Cc1cnc(Nc2cc(NCC3CCCNC3)c(-n3cccc3)cn2)cn1. The Morgan fingerprint density at radius 2 is 2.00 bits per heavy atom. The highest BCUT2D eigenvalue weighted by Gasteiger charge is 2.14. The standard InChI is InChI=1S/C20H22N8/c21-9-16-12-25-20(14-23-16)27-19-8-17(24-11-15-4-3-5-22-10-15)18(13-26-19)28-6-1-2-7-28/h1-2,6-8,12-15,22H,3-5,10-11H2,(H2,24,25,26,27). The summed E-state index contributed by atoms with van der Waals surface area (Å²) in [6.45, 7) is 3.06. The number of aromatic nitrogens is 4. The molecule has 1 fully saturated rings. The molecule has 28 heavy (non-hydrogen) atoms. The topological polar surface area (TPSA) is 103 Å². The Labute approximate surface area is 163 Å². The number of anilines is 3. The van der Waals surface area contributed by atoms with Crippen LogP contribution in [0, 0.1) is 17.2 Å². The van der Waals surface area contributed by atoms with E-state index < -0.39 is 0 Å². The molecule has 1 aliphatic heterocycles. The summed E-state index contributed by atoms with van der Waals surface area (Å²) in [6.07, 6.45) is 11.3. The summed E-state index contributed by atoms with van der Waals surface area (Å²) in [5.41, 5.74) is 2.27. The lowest BCUT2D eigenvalue weighted by atomic mass is 10.00. The van der Waals surface area contributed by atoms with Crippen molar-refractivity contribution in [2.45, 2.75) is 12.8 Å².